The lowest BCUT2D eigenvalue weighted by molar-refractivity contribution is 0.139. The second-order valence-corrected chi connectivity index (χ2v) is 5.23. The van der Waals surface area contributed by atoms with E-state index in [2.05, 4.69) is 26.3 Å². The van der Waals surface area contributed by atoms with Crippen molar-refractivity contribution < 1.29 is 4.42 Å². The number of oxazole rings is 1. The Labute approximate surface area is 143 Å². The molecule has 0 spiro atoms. The molecule has 7 heteroatoms. The van der Waals surface area contributed by atoms with E-state index in [0.717, 1.165) is 43.5 Å². The monoisotopic (exact) mass is 344 g/mol. The molecule has 22 heavy (non-hydrogen) atoms. The number of hydrogen-bond donors (Lipinski definition) is 1. The van der Waals surface area contributed by atoms with Crippen molar-refractivity contribution in [1.82, 2.24) is 20.2 Å². The summed E-state index contributed by atoms with van der Waals surface area (Å²) in [6.45, 7) is 7.61. The van der Waals surface area contributed by atoms with Crippen LogP contribution in [-0.4, -0.2) is 34.5 Å². The summed E-state index contributed by atoms with van der Waals surface area (Å²) < 4.78 is 5.71. The van der Waals surface area contributed by atoms with Crippen molar-refractivity contribution in [3.63, 3.8) is 0 Å². The fraction of sp³-hybridized carbons (Fsp3) is 0.467. The van der Waals surface area contributed by atoms with Crippen LogP contribution in [0.5, 0.6) is 0 Å². The molecule has 1 unspecified atom stereocenters. The van der Waals surface area contributed by atoms with Gasteiger partial charge in [-0.15, -0.1) is 24.8 Å². The van der Waals surface area contributed by atoms with Crippen LogP contribution in [0.2, 0.25) is 0 Å². The normalized spacial score (nSPS) is 18.4. The number of pyridine rings is 1. The van der Waals surface area contributed by atoms with Crippen LogP contribution < -0.4 is 5.32 Å². The average molecular weight is 345 g/mol. The molecule has 3 rings (SSSR count). The summed E-state index contributed by atoms with van der Waals surface area (Å²) in [5, 5.41) is 3.45. The van der Waals surface area contributed by atoms with Gasteiger partial charge in [0.05, 0.1) is 12.2 Å². The second-order valence-electron chi connectivity index (χ2n) is 5.23. The molecule has 0 saturated carbocycles. The lowest BCUT2D eigenvalue weighted by Gasteiger charge is -2.35. The van der Waals surface area contributed by atoms with Gasteiger partial charge >= 0.3 is 0 Å². The Morgan fingerprint density at radius 1 is 1.36 bits per heavy atom. The molecular formula is C15H22Cl2N4O. The Morgan fingerprint density at radius 2 is 2.18 bits per heavy atom. The molecular weight excluding hydrogens is 323 g/mol. The number of halogens is 2. The summed E-state index contributed by atoms with van der Waals surface area (Å²) in [7, 11) is 0. The number of rotatable bonds is 3. The van der Waals surface area contributed by atoms with Gasteiger partial charge in [0.2, 0.25) is 5.89 Å². The van der Waals surface area contributed by atoms with E-state index in [0.29, 0.717) is 6.04 Å². The van der Waals surface area contributed by atoms with E-state index in [-0.39, 0.29) is 24.8 Å². The summed E-state index contributed by atoms with van der Waals surface area (Å²) in [6, 6.07) is 4.44. The van der Waals surface area contributed by atoms with Crippen molar-refractivity contribution in [2.24, 2.45) is 0 Å². The third-order valence-electron chi connectivity index (χ3n) is 3.83. The number of nitrogens with zero attached hydrogens (tertiary/aromatic N) is 3. The predicted molar refractivity (Wildman–Crippen MR) is 90.7 cm³/mol. The topological polar surface area (TPSA) is 54.2 Å². The van der Waals surface area contributed by atoms with Gasteiger partial charge in [0.15, 0.2) is 0 Å². The van der Waals surface area contributed by atoms with Crippen LogP contribution in [0.4, 0.5) is 0 Å². The lowest BCUT2D eigenvalue weighted by Crippen LogP contribution is -2.45. The Morgan fingerprint density at radius 3 is 2.82 bits per heavy atom. The highest BCUT2D eigenvalue weighted by atomic mass is 35.5. The minimum absolute atomic E-state index is 0. The van der Waals surface area contributed by atoms with E-state index in [1.54, 1.807) is 0 Å². The fourth-order valence-corrected chi connectivity index (χ4v) is 2.62. The van der Waals surface area contributed by atoms with Crippen LogP contribution in [0.25, 0.3) is 0 Å². The molecule has 1 N–H and O–H groups in total. The van der Waals surface area contributed by atoms with E-state index < -0.39 is 0 Å². The fourth-order valence-electron chi connectivity index (χ4n) is 2.62. The van der Waals surface area contributed by atoms with Crippen LogP contribution in [0, 0.1) is 13.8 Å². The van der Waals surface area contributed by atoms with Gasteiger partial charge in [0.1, 0.15) is 5.76 Å². The SMILES string of the molecule is Cc1nc(CN2CCNCC2c2cccnc2)oc1C.Cl.Cl. The van der Waals surface area contributed by atoms with Crippen LogP contribution in [0.3, 0.4) is 0 Å². The number of nitrogens with one attached hydrogen (secondary N) is 1. The third kappa shape index (κ3) is 4.20. The van der Waals surface area contributed by atoms with Gasteiger partial charge < -0.3 is 9.73 Å². The van der Waals surface area contributed by atoms with Crippen molar-refractivity contribution in [2.45, 2.75) is 26.4 Å². The van der Waals surface area contributed by atoms with E-state index in [9.17, 15) is 0 Å². The van der Waals surface area contributed by atoms with Gasteiger partial charge in [-0.05, 0) is 25.5 Å². The van der Waals surface area contributed by atoms with E-state index in [1.807, 2.05) is 32.3 Å². The smallest absolute Gasteiger partial charge is 0.208 e. The molecule has 5 nitrogen and oxygen atoms in total. The first-order valence-electron chi connectivity index (χ1n) is 7.01. The maximum atomic E-state index is 5.71. The first-order valence-corrected chi connectivity index (χ1v) is 7.01. The van der Waals surface area contributed by atoms with Crippen LogP contribution in [-0.2, 0) is 6.54 Å². The van der Waals surface area contributed by atoms with Gasteiger partial charge in [0, 0.05) is 38.1 Å². The van der Waals surface area contributed by atoms with Gasteiger partial charge in [-0.25, -0.2) is 4.98 Å². The highest BCUT2D eigenvalue weighted by Gasteiger charge is 2.25. The molecule has 0 radical (unpaired) electrons. The summed E-state index contributed by atoms with van der Waals surface area (Å²) in [6.07, 6.45) is 3.75. The summed E-state index contributed by atoms with van der Waals surface area (Å²) in [4.78, 5) is 11.1. The molecule has 2 aromatic heterocycles. The molecule has 1 aliphatic heterocycles. The van der Waals surface area contributed by atoms with Gasteiger partial charge in [-0.3, -0.25) is 9.88 Å². The molecule has 1 aliphatic rings. The van der Waals surface area contributed by atoms with Crippen molar-refractivity contribution in [2.75, 3.05) is 19.6 Å². The van der Waals surface area contributed by atoms with Crippen molar-refractivity contribution in [1.29, 1.82) is 0 Å². The van der Waals surface area contributed by atoms with Gasteiger partial charge in [-0.2, -0.15) is 0 Å². The molecule has 0 bridgehead atoms. The Bertz CT molecular complexity index is 557. The molecule has 1 saturated heterocycles. The van der Waals surface area contributed by atoms with E-state index >= 15 is 0 Å². The zero-order chi connectivity index (χ0) is 13.9. The average Bonchev–Trinajstić information content (AvgIpc) is 2.79. The first kappa shape index (κ1) is 18.9. The quantitative estimate of drug-likeness (QED) is 0.927. The van der Waals surface area contributed by atoms with Gasteiger partial charge in [0.25, 0.3) is 0 Å². The summed E-state index contributed by atoms with van der Waals surface area (Å²) >= 11 is 0. The minimum atomic E-state index is 0. The van der Waals surface area contributed by atoms with Crippen LogP contribution in [0.15, 0.2) is 28.9 Å². The Kier molecular flexibility index (Phi) is 7.29. The molecule has 2 aromatic rings. The van der Waals surface area contributed by atoms with Crippen molar-refractivity contribution in [3.05, 3.63) is 47.4 Å². The van der Waals surface area contributed by atoms with Crippen LogP contribution in [0.1, 0.15) is 29.0 Å². The largest absolute Gasteiger partial charge is 0.444 e. The maximum Gasteiger partial charge on any atom is 0.208 e. The number of piperazine rings is 1. The van der Waals surface area contributed by atoms with Crippen LogP contribution >= 0.6 is 24.8 Å². The molecule has 0 amide bonds. The first-order chi connectivity index (χ1) is 9.74. The molecule has 0 aliphatic carbocycles. The van der Waals surface area contributed by atoms with E-state index in [1.165, 1.54) is 5.56 Å². The second kappa shape index (κ2) is 8.48. The number of aryl methyl sites for hydroxylation is 2. The highest BCUT2D eigenvalue weighted by Crippen LogP contribution is 2.23. The standard InChI is InChI=1S/C15H20N4O.2ClH/c1-11-12(2)20-15(18-11)10-19-7-6-17-9-14(19)13-4-3-5-16-8-13;;/h3-5,8,14,17H,6-7,9-10H2,1-2H3;2*1H. The third-order valence-corrected chi connectivity index (χ3v) is 3.83. The van der Waals surface area contributed by atoms with Crippen molar-refractivity contribution in [3.8, 4) is 0 Å². The predicted octanol–water partition coefficient (Wildman–Crippen LogP) is 2.68. The summed E-state index contributed by atoms with van der Waals surface area (Å²) in [5.41, 5.74) is 2.22. The minimum Gasteiger partial charge on any atom is -0.444 e. The molecule has 1 fully saturated rings. The summed E-state index contributed by atoms with van der Waals surface area (Å²) in [5.74, 6) is 1.71. The van der Waals surface area contributed by atoms with E-state index in [4.69, 9.17) is 4.42 Å². The molecule has 122 valence electrons. The Balaban J connectivity index is 0.00000121. The molecule has 0 aromatic carbocycles. The zero-order valence-electron chi connectivity index (χ0n) is 12.8. The zero-order valence-corrected chi connectivity index (χ0v) is 14.4. The molecule has 3 heterocycles. The number of aromatic nitrogens is 2. The molecule has 1 atom stereocenters. The van der Waals surface area contributed by atoms with Gasteiger partial charge in [-0.1, -0.05) is 6.07 Å². The highest BCUT2D eigenvalue weighted by molar-refractivity contribution is 5.85. The maximum absolute atomic E-state index is 5.71. The number of hydrogen-bond acceptors (Lipinski definition) is 5. The Hall–Kier alpha value is -1.14. The van der Waals surface area contributed by atoms with Crippen molar-refractivity contribution >= 4 is 24.8 Å². The lowest BCUT2D eigenvalue weighted by atomic mass is 10.1.